The van der Waals surface area contributed by atoms with E-state index in [2.05, 4.69) is 20.8 Å². The number of aliphatic imine (C=N–C) groups is 1. The number of nitrogens with zero attached hydrogens (tertiary/aromatic N) is 3. The summed E-state index contributed by atoms with van der Waals surface area (Å²) in [5, 5.41) is 3.94. The number of likely N-dealkylation sites (N-methyl/N-ethyl adjacent to an activating group) is 1. The van der Waals surface area contributed by atoms with Crippen molar-refractivity contribution in [3.63, 3.8) is 0 Å². The van der Waals surface area contributed by atoms with Crippen molar-refractivity contribution in [3.05, 3.63) is 60.0 Å². The third-order valence-electron chi connectivity index (χ3n) is 4.93. The van der Waals surface area contributed by atoms with E-state index in [-0.39, 0.29) is 35.9 Å². The van der Waals surface area contributed by atoms with Crippen LogP contribution in [0.25, 0.3) is 21.9 Å². The average molecular weight is 436 g/mol. The lowest BCUT2D eigenvalue weighted by atomic mass is 9.99. The summed E-state index contributed by atoms with van der Waals surface area (Å²) in [4.78, 5) is 39.4. The molecule has 1 aliphatic rings. The Morgan fingerprint density at radius 3 is 2.72 bits per heavy atom. The number of nitrogens with one attached hydrogen (secondary N) is 2. The lowest BCUT2D eigenvalue weighted by molar-refractivity contribution is -0.123. The Morgan fingerprint density at radius 2 is 1.97 bits per heavy atom. The summed E-state index contributed by atoms with van der Waals surface area (Å²) in [5.74, 6) is -0.917. The Hall–Kier alpha value is -4.05. The lowest BCUT2D eigenvalue weighted by Gasteiger charge is -2.12. The third kappa shape index (κ3) is 4.21. The summed E-state index contributed by atoms with van der Waals surface area (Å²) >= 11 is 0. The second-order valence-electron chi connectivity index (χ2n) is 7.41. The van der Waals surface area contributed by atoms with Crippen molar-refractivity contribution in [2.24, 2.45) is 4.99 Å². The highest BCUT2D eigenvalue weighted by Crippen LogP contribution is 2.29. The number of halogens is 1. The van der Waals surface area contributed by atoms with E-state index in [0.717, 1.165) is 5.56 Å². The second kappa shape index (κ2) is 8.60. The second-order valence-corrected chi connectivity index (χ2v) is 7.41. The molecular formula is C22H21FN6O3. The molecule has 1 unspecified atom stereocenters. The maximum absolute atomic E-state index is 13.6. The molecule has 0 fully saturated rings. The predicted octanol–water partition coefficient (Wildman–Crippen LogP) is 1.70. The van der Waals surface area contributed by atoms with Crippen molar-refractivity contribution >= 4 is 34.3 Å². The molecule has 0 saturated carbocycles. The number of pyridine rings is 1. The number of anilines is 1. The van der Waals surface area contributed by atoms with Crippen LogP contribution in [0.5, 0.6) is 0 Å². The number of hydroxylamine groups is 1. The van der Waals surface area contributed by atoms with Crippen molar-refractivity contribution in [3.8, 4) is 11.1 Å². The molecule has 0 radical (unpaired) electrons. The van der Waals surface area contributed by atoms with E-state index in [1.54, 1.807) is 44.4 Å². The normalized spacial score (nSPS) is 15.2. The van der Waals surface area contributed by atoms with Gasteiger partial charge in [0.1, 0.15) is 11.6 Å². The molecule has 2 amide bonds. The van der Waals surface area contributed by atoms with Crippen LogP contribution in [0.3, 0.4) is 0 Å². The molecule has 2 heterocycles. The molecule has 10 heteroatoms. The number of fused-ring (bicyclic) bond motifs is 1. The molecule has 4 N–H and O–H groups in total. The fraction of sp³-hybridized carbons (Fsp3) is 0.182. The first-order valence-electron chi connectivity index (χ1n) is 9.77. The summed E-state index contributed by atoms with van der Waals surface area (Å²) < 4.78 is 13.6. The van der Waals surface area contributed by atoms with Gasteiger partial charge in [-0.25, -0.2) is 14.4 Å². The largest absolute Gasteiger partial charge is 0.383 e. The van der Waals surface area contributed by atoms with E-state index in [1.807, 2.05) is 0 Å². The van der Waals surface area contributed by atoms with E-state index in [9.17, 15) is 14.0 Å². The van der Waals surface area contributed by atoms with Crippen LogP contribution in [0.4, 0.5) is 10.2 Å². The van der Waals surface area contributed by atoms with E-state index >= 15 is 0 Å². The number of carbonyl (C=O) groups is 2. The van der Waals surface area contributed by atoms with Crippen molar-refractivity contribution in [1.29, 1.82) is 0 Å². The van der Waals surface area contributed by atoms with Gasteiger partial charge in [0.2, 0.25) is 0 Å². The first-order chi connectivity index (χ1) is 15.3. The molecule has 0 aliphatic carbocycles. The van der Waals surface area contributed by atoms with Gasteiger partial charge < -0.3 is 20.8 Å². The highest BCUT2D eigenvalue weighted by molar-refractivity contribution is 6.35. The van der Waals surface area contributed by atoms with Gasteiger partial charge >= 0.3 is 11.8 Å². The van der Waals surface area contributed by atoms with Gasteiger partial charge in [0.25, 0.3) is 5.91 Å². The van der Waals surface area contributed by atoms with E-state index in [0.29, 0.717) is 21.9 Å². The van der Waals surface area contributed by atoms with Gasteiger partial charge in [0.15, 0.2) is 6.17 Å². The van der Waals surface area contributed by atoms with Gasteiger partial charge in [-0.05, 0) is 34.7 Å². The number of amides is 2. The summed E-state index contributed by atoms with van der Waals surface area (Å²) in [5.41, 5.74) is 10.4. The minimum Gasteiger partial charge on any atom is -0.383 e. The molecule has 0 bridgehead atoms. The summed E-state index contributed by atoms with van der Waals surface area (Å²) in [6.07, 6.45) is 0.794. The third-order valence-corrected chi connectivity index (χ3v) is 4.93. The van der Waals surface area contributed by atoms with Crippen molar-refractivity contribution < 1.29 is 18.8 Å². The molecule has 9 nitrogen and oxygen atoms in total. The molecule has 4 rings (SSSR count). The standard InChI is InChI=1S/C22H21FN6O3/c1-29(2)22(31)21-27-18(28-32-21)11-26-20(30)17-10-25-19(24)16-9-13(6-7-15(16)17)12-4-3-5-14(23)8-12/h3-10,18,28H,11H2,1-2H3,(H2,24,25)(H,26,30). The zero-order chi connectivity index (χ0) is 22.8. The molecule has 1 aliphatic heterocycles. The Labute approximate surface area is 183 Å². The monoisotopic (exact) mass is 436 g/mol. The number of nitrogen functional groups attached to an aromatic ring is 1. The lowest BCUT2D eigenvalue weighted by Crippen LogP contribution is -2.37. The minimum atomic E-state index is -0.606. The van der Waals surface area contributed by atoms with Gasteiger partial charge in [-0.15, -0.1) is 5.48 Å². The van der Waals surface area contributed by atoms with Gasteiger partial charge in [-0.1, -0.05) is 24.3 Å². The van der Waals surface area contributed by atoms with Crippen molar-refractivity contribution in [1.82, 2.24) is 20.7 Å². The van der Waals surface area contributed by atoms with Crippen LogP contribution >= 0.6 is 0 Å². The number of rotatable bonds is 5. The molecule has 0 spiro atoms. The first kappa shape index (κ1) is 21.2. The maximum atomic E-state index is 13.6. The smallest absolute Gasteiger partial charge is 0.310 e. The molecule has 2 aromatic carbocycles. The number of aromatic nitrogens is 1. The Morgan fingerprint density at radius 1 is 1.19 bits per heavy atom. The molecule has 1 atom stereocenters. The molecule has 1 aromatic heterocycles. The zero-order valence-corrected chi connectivity index (χ0v) is 17.4. The van der Waals surface area contributed by atoms with Crippen LogP contribution in [0, 0.1) is 5.82 Å². The number of benzene rings is 2. The SMILES string of the molecule is CN(C)C(=O)C1=NC(CNC(=O)c2cnc(N)c3cc(-c4cccc(F)c4)ccc23)NO1. The van der Waals surface area contributed by atoms with Crippen LogP contribution in [0.2, 0.25) is 0 Å². The Kier molecular flexibility index (Phi) is 5.69. The van der Waals surface area contributed by atoms with Gasteiger partial charge in [0.05, 0.1) is 12.1 Å². The van der Waals surface area contributed by atoms with Gasteiger partial charge in [-0.3, -0.25) is 9.59 Å². The summed E-state index contributed by atoms with van der Waals surface area (Å²) in [6, 6.07) is 11.5. The highest BCUT2D eigenvalue weighted by Gasteiger charge is 2.26. The Balaban J connectivity index is 1.55. The summed E-state index contributed by atoms with van der Waals surface area (Å²) in [6.45, 7) is 0.0935. The number of hydrogen-bond acceptors (Lipinski definition) is 7. The van der Waals surface area contributed by atoms with Crippen molar-refractivity contribution in [2.45, 2.75) is 6.17 Å². The first-order valence-corrected chi connectivity index (χ1v) is 9.77. The van der Waals surface area contributed by atoms with Gasteiger partial charge in [0, 0.05) is 25.7 Å². The van der Waals surface area contributed by atoms with Crippen LogP contribution in [-0.2, 0) is 9.63 Å². The molecule has 0 saturated heterocycles. The Bertz CT molecular complexity index is 1240. The van der Waals surface area contributed by atoms with E-state index < -0.39 is 6.17 Å². The fourth-order valence-electron chi connectivity index (χ4n) is 3.27. The highest BCUT2D eigenvalue weighted by atomic mass is 19.1. The van der Waals surface area contributed by atoms with Crippen LogP contribution in [0.1, 0.15) is 10.4 Å². The maximum Gasteiger partial charge on any atom is 0.310 e. The van der Waals surface area contributed by atoms with Gasteiger partial charge in [-0.2, -0.15) is 0 Å². The number of hydrogen-bond donors (Lipinski definition) is 3. The van der Waals surface area contributed by atoms with Crippen LogP contribution in [-0.4, -0.2) is 54.4 Å². The molecule has 3 aromatic rings. The quantitative estimate of drug-likeness (QED) is 0.560. The fourth-order valence-corrected chi connectivity index (χ4v) is 3.27. The zero-order valence-electron chi connectivity index (χ0n) is 17.4. The average Bonchev–Trinajstić information content (AvgIpc) is 3.26. The van der Waals surface area contributed by atoms with Crippen LogP contribution in [0.15, 0.2) is 53.7 Å². The van der Waals surface area contributed by atoms with E-state index in [4.69, 9.17) is 10.6 Å². The van der Waals surface area contributed by atoms with Crippen molar-refractivity contribution in [2.75, 3.05) is 26.4 Å². The van der Waals surface area contributed by atoms with E-state index in [1.165, 1.54) is 23.2 Å². The summed E-state index contributed by atoms with van der Waals surface area (Å²) in [7, 11) is 3.17. The minimum absolute atomic E-state index is 0.0706. The molecular weight excluding hydrogens is 415 g/mol. The molecule has 164 valence electrons. The molecule has 32 heavy (non-hydrogen) atoms. The van der Waals surface area contributed by atoms with Crippen LogP contribution < -0.4 is 16.5 Å². The number of carbonyl (C=O) groups excluding carboxylic acids is 2. The number of nitrogens with two attached hydrogens (primary N) is 1. The topological polar surface area (TPSA) is 122 Å². The predicted molar refractivity (Wildman–Crippen MR) is 118 cm³/mol.